The van der Waals surface area contributed by atoms with Gasteiger partial charge in [0.05, 0.1) is 12.2 Å². The number of rotatable bonds is 6. The molecule has 0 fully saturated rings. The minimum Gasteiger partial charge on any atom is -0.370 e. The number of carbonyl (C=O) groups is 1. The van der Waals surface area contributed by atoms with Crippen molar-refractivity contribution >= 4 is 11.7 Å². The Morgan fingerprint density at radius 3 is 2.71 bits per heavy atom. The largest absolute Gasteiger partial charge is 0.370 e. The third-order valence-corrected chi connectivity index (χ3v) is 2.96. The summed E-state index contributed by atoms with van der Waals surface area (Å²) in [7, 11) is 0. The molecule has 0 bridgehead atoms. The zero-order chi connectivity index (χ0) is 15.2. The molecular weight excluding hydrogens is 268 g/mol. The van der Waals surface area contributed by atoms with E-state index in [9.17, 15) is 4.79 Å². The van der Waals surface area contributed by atoms with Crippen LogP contribution in [0.25, 0.3) is 0 Å². The maximum atomic E-state index is 12.2. The first kappa shape index (κ1) is 15.0. The second kappa shape index (κ2) is 6.88. The molecule has 0 aliphatic rings. The Morgan fingerprint density at radius 2 is 2.10 bits per heavy atom. The fourth-order valence-electron chi connectivity index (χ4n) is 1.94. The van der Waals surface area contributed by atoms with Gasteiger partial charge in [-0.25, -0.2) is 4.98 Å². The van der Waals surface area contributed by atoms with Gasteiger partial charge in [-0.15, -0.1) is 0 Å². The molecule has 112 valence electrons. The van der Waals surface area contributed by atoms with Crippen molar-refractivity contribution in [3.8, 4) is 0 Å². The van der Waals surface area contributed by atoms with Gasteiger partial charge in [0.15, 0.2) is 5.76 Å². The average molecular weight is 288 g/mol. The predicted molar refractivity (Wildman–Crippen MR) is 80.2 cm³/mol. The van der Waals surface area contributed by atoms with Gasteiger partial charge >= 0.3 is 0 Å². The summed E-state index contributed by atoms with van der Waals surface area (Å²) in [6.45, 7) is 6.93. The number of aryl methyl sites for hydroxylation is 2. The Balaban J connectivity index is 2.08. The Bertz CT molecular complexity index is 622. The van der Waals surface area contributed by atoms with E-state index in [1.165, 1.54) is 0 Å². The molecule has 2 N–H and O–H groups in total. The maximum Gasteiger partial charge on any atom is 0.251 e. The van der Waals surface area contributed by atoms with Gasteiger partial charge in [0.25, 0.3) is 5.91 Å². The lowest BCUT2D eigenvalue weighted by molar-refractivity contribution is 0.0947. The number of amides is 1. The molecular formula is C15H20N4O2. The van der Waals surface area contributed by atoms with Crippen LogP contribution in [0.2, 0.25) is 0 Å². The lowest BCUT2D eigenvalue weighted by atomic mass is 10.2. The van der Waals surface area contributed by atoms with Crippen LogP contribution in [-0.2, 0) is 13.0 Å². The van der Waals surface area contributed by atoms with Crippen molar-refractivity contribution < 1.29 is 9.32 Å². The summed E-state index contributed by atoms with van der Waals surface area (Å²) in [5, 5.41) is 9.74. The summed E-state index contributed by atoms with van der Waals surface area (Å²) in [6, 6.07) is 5.36. The quantitative estimate of drug-likeness (QED) is 0.852. The Hall–Kier alpha value is -2.37. The van der Waals surface area contributed by atoms with Crippen LogP contribution in [-0.4, -0.2) is 22.6 Å². The topological polar surface area (TPSA) is 80.0 Å². The number of aromatic nitrogens is 2. The SMILES string of the molecule is CCNc1cc(C(=O)NCc2cc(C)no2)cc(CC)n1. The molecule has 0 aromatic carbocycles. The molecule has 0 atom stereocenters. The van der Waals surface area contributed by atoms with Gasteiger partial charge < -0.3 is 15.2 Å². The van der Waals surface area contributed by atoms with Crippen molar-refractivity contribution in [3.63, 3.8) is 0 Å². The van der Waals surface area contributed by atoms with Gasteiger partial charge in [-0.05, 0) is 32.4 Å². The standard InChI is InChI=1S/C15H20N4O2/c1-4-12-7-11(8-14(18-12)16-5-2)15(20)17-9-13-6-10(3)19-21-13/h6-8H,4-5,9H2,1-3H3,(H,16,18)(H,17,20). The molecule has 0 aliphatic heterocycles. The summed E-state index contributed by atoms with van der Waals surface area (Å²) in [6.07, 6.45) is 0.779. The highest BCUT2D eigenvalue weighted by Crippen LogP contribution is 2.12. The number of nitrogens with one attached hydrogen (secondary N) is 2. The van der Waals surface area contributed by atoms with Gasteiger partial charge in [-0.1, -0.05) is 12.1 Å². The Labute approximate surface area is 123 Å². The van der Waals surface area contributed by atoms with E-state index in [0.29, 0.717) is 17.9 Å². The van der Waals surface area contributed by atoms with E-state index in [1.807, 2.05) is 26.8 Å². The van der Waals surface area contributed by atoms with Crippen LogP contribution in [0.5, 0.6) is 0 Å². The first-order valence-corrected chi connectivity index (χ1v) is 7.07. The molecule has 6 heteroatoms. The van der Waals surface area contributed by atoms with Crippen LogP contribution >= 0.6 is 0 Å². The molecule has 0 radical (unpaired) electrons. The number of hydrogen-bond acceptors (Lipinski definition) is 5. The Kier molecular flexibility index (Phi) is 4.92. The fourth-order valence-corrected chi connectivity index (χ4v) is 1.94. The van der Waals surface area contributed by atoms with Crippen molar-refractivity contribution in [2.75, 3.05) is 11.9 Å². The predicted octanol–water partition coefficient (Wildman–Crippen LogP) is 2.30. The third-order valence-electron chi connectivity index (χ3n) is 2.96. The molecule has 0 saturated heterocycles. The van der Waals surface area contributed by atoms with Gasteiger partial charge in [0.2, 0.25) is 0 Å². The van der Waals surface area contributed by atoms with E-state index < -0.39 is 0 Å². The van der Waals surface area contributed by atoms with Crippen LogP contribution in [0.4, 0.5) is 5.82 Å². The summed E-state index contributed by atoms with van der Waals surface area (Å²) in [4.78, 5) is 16.6. The molecule has 0 unspecified atom stereocenters. The number of hydrogen-bond donors (Lipinski definition) is 2. The zero-order valence-corrected chi connectivity index (χ0v) is 12.6. The second-order valence-electron chi connectivity index (χ2n) is 4.73. The summed E-state index contributed by atoms with van der Waals surface area (Å²) in [5.41, 5.74) is 2.27. The smallest absolute Gasteiger partial charge is 0.251 e. The molecule has 0 aliphatic carbocycles. The zero-order valence-electron chi connectivity index (χ0n) is 12.6. The molecule has 2 heterocycles. The van der Waals surface area contributed by atoms with E-state index in [-0.39, 0.29) is 5.91 Å². The first-order chi connectivity index (χ1) is 10.1. The van der Waals surface area contributed by atoms with E-state index in [2.05, 4.69) is 20.8 Å². The monoisotopic (exact) mass is 288 g/mol. The van der Waals surface area contributed by atoms with Crippen LogP contribution in [0.3, 0.4) is 0 Å². The van der Waals surface area contributed by atoms with Crippen molar-refractivity contribution in [1.29, 1.82) is 0 Å². The minimum atomic E-state index is -0.152. The van der Waals surface area contributed by atoms with Crippen LogP contribution < -0.4 is 10.6 Å². The second-order valence-corrected chi connectivity index (χ2v) is 4.73. The molecule has 2 aromatic rings. The molecule has 2 rings (SSSR count). The number of pyridine rings is 1. The maximum absolute atomic E-state index is 12.2. The normalized spacial score (nSPS) is 10.4. The molecule has 0 saturated carbocycles. The molecule has 1 amide bonds. The Morgan fingerprint density at radius 1 is 1.29 bits per heavy atom. The van der Waals surface area contributed by atoms with Crippen molar-refractivity contribution in [2.45, 2.75) is 33.7 Å². The summed E-state index contributed by atoms with van der Waals surface area (Å²) < 4.78 is 5.07. The number of anilines is 1. The molecule has 0 spiro atoms. The summed E-state index contributed by atoms with van der Waals surface area (Å²) in [5.74, 6) is 1.20. The fraction of sp³-hybridized carbons (Fsp3) is 0.400. The van der Waals surface area contributed by atoms with Gasteiger partial charge in [0, 0.05) is 23.9 Å². The first-order valence-electron chi connectivity index (χ1n) is 7.07. The lowest BCUT2D eigenvalue weighted by Crippen LogP contribution is -2.23. The average Bonchev–Trinajstić information content (AvgIpc) is 2.90. The molecule has 2 aromatic heterocycles. The van der Waals surface area contributed by atoms with E-state index in [0.717, 1.165) is 30.2 Å². The lowest BCUT2D eigenvalue weighted by Gasteiger charge is -2.09. The van der Waals surface area contributed by atoms with E-state index >= 15 is 0 Å². The van der Waals surface area contributed by atoms with Crippen molar-refractivity contribution in [1.82, 2.24) is 15.5 Å². The molecule has 21 heavy (non-hydrogen) atoms. The summed E-state index contributed by atoms with van der Waals surface area (Å²) >= 11 is 0. The third kappa shape index (κ3) is 4.05. The minimum absolute atomic E-state index is 0.152. The van der Waals surface area contributed by atoms with E-state index in [4.69, 9.17) is 4.52 Å². The van der Waals surface area contributed by atoms with Gasteiger partial charge in [-0.3, -0.25) is 4.79 Å². The number of carbonyl (C=O) groups excluding carboxylic acids is 1. The van der Waals surface area contributed by atoms with Crippen LogP contribution in [0, 0.1) is 6.92 Å². The highest BCUT2D eigenvalue weighted by Gasteiger charge is 2.10. The van der Waals surface area contributed by atoms with Crippen LogP contribution in [0.1, 0.15) is 41.4 Å². The van der Waals surface area contributed by atoms with Crippen molar-refractivity contribution in [3.05, 3.63) is 40.9 Å². The number of nitrogens with zero attached hydrogens (tertiary/aromatic N) is 2. The van der Waals surface area contributed by atoms with Crippen molar-refractivity contribution in [2.24, 2.45) is 0 Å². The van der Waals surface area contributed by atoms with Gasteiger partial charge in [-0.2, -0.15) is 0 Å². The highest BCUT2D eigenvalue weighted by atomic mass is 16.5. The molecule has 6 nitrogen and oxygen atoms in total. The van der Waals surface area contributed by atoms with E-state index in [1.54, 1.807) is 12.1 Å². The van der Waals surface area contributed by atoms with Gasteiger partial charge in [0.1, 0.15) is 5.82 Å². The highest BCUT2D eigenvalue weighted by molar-refractivity contribution is 5.94. The van der Waals surface area contributed by atoms with Crippen LogP contribution in [0.15, 0.2) is 22.7 Å².